The summed E-state index contributed by atoms with van der Waals surface area (Å²) in [5.74, 6) is 2.21. The van der Waals surface area contributed by atoms with E-state index in [0.717, 1.165) is 22.4 Å². The summed E-state index contributed by atoms with van der Waals surface area (Å²) in [5.41, 5.74) is 2.37. The van der Waals surface area contributed by atoms with E-state index in [1.165, 1.54) is 12.1 Å². The van der Waals surface area contributed by atoms with Gasteiger partial charge in [-0.2, -0.15) is 0 Å². The summed E-state index contributed by atoms with van der Waals surface area (Å²) >= 11 is 5.41. The average molecular weight is 340 g/mol. The molecule has 1 N–H and O–H groups in total. The first-order valence-electron chi connectivity index (χ1n) is 7.38. The lowest BCUT2D eigenvalue weighted by molar-refractivity contribution is 0.415. The van der Waals surface area contributed by atoms with Crippen LogP contribution in [0.15, 0.2) is 42.5 Å². The van der Waals surface area contributed by atoms with Crippen LogP contribution in [0.1, 0.15) is 11.1 Å². The third-order valence-corrected chi connectivity index (χ3v) is 4.26. The minimum atomic E-state index is -0.295. The minimum absolute atomic E-state index is 0.295. The van der Waals surface area contributed by atoms with E-state index >= 15 is 0 Å². The zero-order chi connectivity index (χ0) is 16.7. The Kier molecular flexibility index (Phi) is 3.54. The largest absolute Gasteiger partial charge is 0.497 e. The number of halogens is 1. The van der Waals surface area contributed by atoms with Gasteiger partial charge in [-0.25, -0.2) is 9.37 Å². The maximum atomic E-state index is 13.4. The van der Waals surface area contributed by atoms with Crippen molar-refractivity contribution in [1.29, 1.82) is 0 Å². The van der Waals surface area contributed by atoms with Crippen LogP contribution in [-0.4, -0.2) is 17.1 Å². The van der Waals surface area contributed by atoms with E-state index in [4.69, 9.17) is 21.7 Å². The molecule has 1 aliphatic heterocycles. The summed E-state index contributed by atoms with van der Waals surface area (Å²) in [6.45, 7) is 0. The summed E-state index contributed by atoms with van der Waals surface area (Å²) in [4.78, 5) is 7.64. The third-order valence-electron chi connectivity index (χ3n) is 3.92. The Labute approximate surface area is 142 Å². The molecule has 120 valence electrons. The molecule has 1 aromatic heterocycles. The maximum absolute atomic E-state index is 13.4. The van der Waals surface area contributed by atoms with Crippen molar-refractivity contribution in [3.63, 3.8) is 0 Å². The first kappa shape index (κ1) is 14.8. The summed E-state index contributed by atoms with van der Waals surface area (Å²) in [6, 6.07) is 12.0. The van der Waals surface area contributed by atoms with Crippen LogP contribution in [0.3, 0.4) is 0 Å². The van der Waals surface area contributed by atoms with Crippen LogP contribution in [0.25, 0.3) is 11.4 Å². The summed E-state index contributed by atoms with van der Waals surface area (Å²) in [6.07, 6.45) is 0.489. The van der Waals surface area contributed by atoms with Crippen molar-refractivity contribution in [2.24, 2.45) is 0 Å². The van der Waals surface area contributed by atoms with Crippen LogP contribution in [0.5, 0.6) is 17.4 Å². The van der Waals surface area contributed by atoms with Gasteiger partial charge in [0.25, 0.3) is 0 Å². The Morgan fingerprint density at radius 3 is 2.96 bits per heavy atom. The molecular formula is C18H13FN2O2S. The van der Waals surface area contributed by atoms with E-state index in [9.17, 15) is 4.39 Å². The lowest BCUT2D eigenvalue weighted by Crippen LogP contribution is -2.08. The van der Waals surface area contributed by atoms with Crippen molar-refractivity contribution in [3.8, 4) is 28.8 Å². The number of aromatic amines is 1. The molecule has 24 heavy (non-hydrogen) atoms. The van der Waals surface area contributed by atoms with Crippen LogP contribution in [0.2, 0.25) is 0 Å². The molecule has 1 aliphatic rings. The highest BCUT2D eigenvalue weighted by molar-refractivity contribution is 7.71. The van der Waals surface area contributed by atoms with Crippen molar-refractivity contribution in [1.82, 2.24) is 9.97 Å². The maximum Gasteiger partial charge on any atom is 0.205 e. The number of nitrogens with one attached hydrogen (secondary N) is 1. The van der Waals surface area contributed by atoms with Gasteiger partial charge in [0.2, 0.25) is 5.88 Å². The fourth-order valence-electron chi connectivity index (χ4n) is 2.71. The van der Waals surface area contributed by atoms with Gasteiger partial charge in [0.05, 0.1) is 12.7 Å². The van der Waals surface area contributed by atoms with E-state index in [2.05, 4.69) is 9.97 Å². The monoisotopic (exact) mass is 340 g/mol. The van der Waals surface area contributed by atoms with E-state index in [1.54, 1.807) is 13.2 Å². The number of ether oxygens (including phenoxy) is 2. The van der Waals surface area contributed by atoms with Gasteiger partial charge in [0.15, 0.2) is 0 Å². The van der Waals surface area contributed by atoms with Gasteiger partial charge in [-0.05, 0) is 30.3 Å². The van der Waals surface area contributed by atoms with Gasteiger partial charge in [-0.3, -0.25) is 0 Å². The second-order valence-electron chi connectivity index (χ2n) is 5.46. The number of methoxy groups -OCH3 is 1. The number of nitrogens with zero attached hydrogens (tertiary/aromatic N) is 1. The topological polar surface area (TPSA) is 47.1 Å². The standard InChI is InChI=1S/C18H13FN2O2S/c1-22-13-4-2-3-10(8-13)16-20-17-14(18(24)21-16)9-11-7-12(19)5-6-15(11)23-17/h2-8H,9H2,1H3,(H,20,21,24). The van der Waals surface area contributed by atoms with Crippen molar-refractivity contribution in [3.05, 3.63) is 64.0 Å². The number of aromatic nitrogens is 2. The van der Waals surface area contributed by atoms with Gasteiger partial charge in [0, 0.05) is 17.5 Å². The van der Waals surface area contributed by atoms with Gasteiger partial charge in [0.1, 0.15) is 27.8 Å². The van der Waals surface area contributed by atoms with Crippen molar-refractivity contribution in [2.45, 2.75) is 6.42 Å². The molecule has 0 aliphatic carbocycles. The zero-order valence-electron chi connectivity index (χ0n) is 12.8. The van der Waals surface area contributed by atoms with Crippen molar-refractivity contribution < 1.29 is 13.9 Å². The lowest BCUT2D eigenvalue weighted by atomic mass is 10.0. The van der Waals surface area contributed by atoms with Crippen molar-refractivity contribution >= 4 is 12.2 Å². The van der Waals surface area contributed by atoms with E-state index in [-0.39, 0.29) is 5.82 Å². The highest BCUT2D eigenvalue weighted by atomic mass is 32.1. The highest BCUT2D eigenvalue weighted by Crippen LogP contribution is 2.36. The fraction of sp³-hybridized carbons (Fsp3) is 0.111. The molecule has 0 bridgehead atoms. The van der Waals surface area contributed by atoms with E-state index in [0.29, 0.717) is 28.5 Å². The normalized spacial score (nSPS) is 12.1. The van der Waals surface area contributed by atoms with Gasteiger partial charge in [-0.1, -0.05) is 24.4 Å². The van der Waals surface area contributed by atoms with Crippen LogP contribution < -0.4 is 9.47 Å². The first-order chi connectivity index (χ1) is 11.6. The second-order valence-corrected chi connectivity index (χ2v) is 5.85. The third kappa shape index (κ3) is 2.55. The predicted octanol–water partition coefficient (Wildman–Crippen LogP) is 4.65. The number of benzene rings is 2. The Bertz CT molecular complexity index is 1000. The van der Waals surface area contributed by atoms with Crippen LogP contribution in [0.4, 0.5) is 4.39 Å². The summed E-state index contributed by atoms with van der Waals surface area (Å²) in [7, 11) is 1.61. The van der Waals surface area contributed by atoms with E-state index in [1.807, 2.05) is 24.3 Å². The molecule has 3 aromatic rings. The molecule has 0 spiro atoms. The Morgan fingerprint density at radius 1 is 1.25 bits per heavy atom. The Hall–Kier alpha value is -2.73. The minimum Gasteiger partial charge on any atom is -0.497 e. The van der Waals surface area contributed by atoms with Gasteiger partial charge >= 0.3 is 0 Å². The molecule has 2 heterocycles. The predicted molar refractivity (Wildman–Crippen MR) is 90.7 cm³/mol. The summed E-state index contributed by atoms with van der Waals surface area (Å²) in [5, 5.41) is 0. The molecule has 6 heteroatoms. The van der Waals surface area contributed by atoms with Crippen molar-refractivity contribution in [2.75, 3.05) is 7.11 Å². The highest BCUT2D eigenvalue weighted by Gasteiger charge is 2.21. The summed E-state index contributed by atoms with van der Waals surface area (Å²) < 4.78 is 25.0. The molecule has 0 saturated heterocycles. The van der Waals surface area contributed by atoms with E-state index < -0.39 is 0 Å². The second kappa shape index (κ2) is 5.72. The molecule has 0 amide bonds. The Morgan fingerprint density at radius 2 is 2.12 bits per heavy atom. The SMILES string of the molecule is COc1cccc(-c2nc(=S)c3c([nH]2)Oc2ccc(F)cc2C3)c1. The number of hydrogen-bond acceptors (Lipinski definition) is 4. The van der Waals surface area contributed by atoms with Crippen LogP contribution >= 0.6 is 12.2 Å². The van der Waals surface area contributed by atoms with Gasteiger partial charge in [-0.15, -0.1) is 0 Å². The van der Waals surface area contributed by atoms with Gasteiger partial charge < -0.3 is 14.5 Å². The molecule has 2 aromatic carbocycles. The molecule has 0 atom stereocenters. The molecule has 0 saturated carbocycles. The molecular weight excluding hydrogens is 327 g/mol. The number of hydrogen-bond donors (Lipinski definition) is 1. The quantitative estimate of drug-likeness (QED) is 0.540. The smallest absolute Gasteiger partial charge is 0.205 e. The average Bonchev–Trinajstić information content (AvgIpc) is 2.60. The number of fused-ring (bicyclic) bond motifs is 2. The molecule has 0 unspecified atom stereocenters. The fourth-order valence-corrected chi connectivity index (χ4v) is 2.97. The molecule has 4 rings (SSSR count). The lowest BCUT2D eigenvalue weighted by Gasteiger charge is -2.20. The van der Waals surface area contributed by atoms with Crippen LogP contribution in [0, 0.1) is 10.5 Å². The molecule has 0 fully saturated rings. The molecule has 0 radical (unpaired) electrons. The Balaban J connectivity index is 1.80. The zero-order valence-corrected chi connectivity index (χ0v) is 13.6. The molecule has 4 nitrogen and oxygen atoms in total. The van der Waals surface area contributed by atoms with Crippen LogP contribution in [-0.2, 0) is 6.42 Å². The number of rotatable bonds is 2. The first-order valence-corrected chi connectivity index (χ1v) is 7.79. The number of H-pyrrole nitrogens is 1.